The first-order valence-corrected chi connectivity index (χ1v) is 8.48. The van der Waals surface area contributed by atoms with Crippen LogP contribution in [-0.4, -0.2) is 68.7 Å². The number of rotatable bonds is 4. The number of amides is 1. The minimum absolute atomic E-state index is 0.142. The van der Waals surface area contributed by atoms with Crippen molar-refractivity contribution in [3.05, 3.63) is 0 Å². The second-order valence-electron chi connectivity index (χ2n) is 5.42. The van der Waals surface area contributed by atoms with Crippen molar-refractivity contribution in [2.75, 3.05) is 39.6 Å². The molecular formula is C12H22N2O4S. The first-order valence-electron chi connectivity index (χ1n) is 6.64. The van der Waals surface area contributed by atoms with E-state index in [0.29, 0.717) is 32.7 Å². The number of likely N-dealkylation sites (tertiary alicyclic amines) is 1. The van der Waals surface area contributed by atoms with Gasteiger partial charge < -0.3 is 9.64 Å². The number of piperidine rings is 1. The molecule has 0 bridgehead atoms. The zero-order chi connectivity index (χ0) is 14.1. The van der Waals surface area contributed by atoms with E-state index in [-0.39, 0.29) is 11.4 Å². The molecule has 2 rings (SSSR count). The molecule has 19 heavy (non-hydrogen) atoms. The van der Waals surface area contributed by atoms with Gasteiger partial charge in [0.15, 0.2) is 0 Å². The molecule has 2 saturated heterocycles. The van der Waals surface area contributed by atoms with E-state index < -0.39 is 10.0 Å². The van der Waals surface area contributed by atoms with Gasteiger partial charge in [-0.05, 0) is 19.3 Å². The van der Waals surface area contributed by atoms with Crippen molar-refractivity contribution >= 4 is 15.9 Å². The number of hydrogen-bond donors (Lipinski definition) is 0. The third kappa shape index (κ3) is 2.93. The SMILES string of the molecule is COCCN1C(=O)CCC12CCN(S(C)(=O)=O)CC2. The molecule has 2 aliphatic heterocycles. The van der Waals surface area contributed by atoms with E-state index in [2.05, 4.69) is 0 Å². The molecule has 0 N–H and O–H groups in total. The van der Waals surface area contributed by atoms with Crippen molar-refractivity contribution in [2.24, 2.45) is 0 Å². The van der Waals surface area contributed by atoms with Crippen molar-refractivity contribution < 1.29 is 17.9 Å². The van der Waals surface area contributed by atoms with Crippen LogP contribution in [0, 0.1) is 0 Å². The first kappa shape index (κ1) is 14.7. The summed E-state index contributed by atoms with van der Waals surface area (Å²) in [7, 11) is -1.49. The fourth-order valence-corrected chi connectivity index (χ4v) is 4.02. The summed E-state index contributed by atoms with van der Waals surface area (Å²) in [6, 6.07) is 0. The minimum Gasteiger partial charge on any atom is -0.383 e. The van der Waals surface area contributed by atoms with Crippen LogP contribution >= 0.6 is 0 Å². The molecule has 1 spiro atoms. The van der Waals surface area contributed by atoms with Gasteiger partial charge in [-0.1, -0.05) is 0 Å². The van der Waals surface area contributed by atoms with Crippen LogP contribution in [0.1, 0.15) is 25.7 Å². The molecule has 7 heteroatoms. The molecule has 0 radical (unpaired) electrons. The van der Waals surface area contributed by atoms with Gasteiger partial charge in [-0.25, -0.2) is 12.7 Å². The van der Waals surface area contributed by atoms with Gasteiger partial charge in [-0.15, -0.1) is 0 Å². The maximum absolute atomic E-state index is 12.0. The molecule has 2 fully saturated rings. The lowest BCUT2D eigenvalue weighted by molar-refractivity contribution is -0.133. The standard InChI is InChI=1S/C12H22N2O4S/c1-18-10-9-14-11(15)3-4-12(14)5-7-13(8-6-12)19(2,16)17/h3-10H2,1-2H3. The maximum Gasteiger partial charge on any atom is 0.223 e. The summed E-state index contributed by atoms with van der Waals surface area (Å²) in [6.45, 7) is 2.16. The number of methoxy groups -OCH3 is 1. The molecule has 0 unspecified atom stereocenters. The van der Waals surface area contributed by atoms with Crippen LogP contribution in [0.3, 0.4) is 0 Å². The van der Waals surface area contributed by atoms with E-state index >= 15 is 0 Å². The third-order valence-corrected chi connectivity index (χ3v) is 5.62. The van der Waals surface area contributed by atoms with Gasteiger partial charge in [0.1, 0.15) is 0 Å². The predicted octanol–water partition coefficient (Wildman–Crippen LogP) is 0.0494. The highest BCUT2D eigenvalue weighted by Gasteiger charge is 2.47. The summed E-state index contributed by atoms with van der Waals surface area (Å²) in [4.78, 5) is 13.9. The Morgan fingerprint density at radius 1 is 1.26 bits per heavy atom. The highest BCUT2D eigenvalue weighted by molar-refractivity contribution is 7.88. The Labute approximate surface area is 114 Å². The van der Waals surface area contributed by atoms with Crippen LogP contribution in [0.5, 0.6) is 0 Å². The molecule has 0 saturated carbocycles. The topological polar surface area (TPSA) is 66.9 Å². The molecule has 2 heterocycles. The molecule has 0 atom stereocenters. The van der Waals surface area contributed by atoms with E-state index in [1.54, 1.807) is 7.11 Å². The quantitative estimate of drug-likeness (QED) is 0.734. The Kier molecular flexibility index (Phi) is 4.17. The summed E-state index contributed by atoms with van der Waals surface area (Å²) in [6.07, 6.45) is 4.12. The Morgan fingerprint density at radius 2 is 1.89 bits per heavy atom. The lowest BCUT2D eigenvalue weighted by atomic mass is 9.86. The molecule has 0 aromatic rings. The van der Waals surface area contributed by atoms with E-state index in [0.717, 1.165) is 19.3 Å². The average Bonchev–Trinajstić information content (AvgIpc) is 2.64. The second-order valence-corrected chi connectivity index (χ2v) is 7.41. The van der Waals surface area contributed by atoms with Crippen LogP contribution in [-0.2, 0) is 19.6 Å². The number of carbonyl (C=O) groups is 1. The zero-order valence-electron chi connectivity index (χ0n) is 11.6. The normalized spacial score (nSPS) is 24.3. The van der Waals surface area contributed by atoms with E-state index in [4.69, 9.17) is 4.74 Å². The number of hydrogen-bond acceptors (Lipinski definition) is 4. The van der Waals surface area contributed by atoms with Gasteiger partial charge in [0.2, 0.25) is 15.9 Å². The first-order chi connectivity index (χ1) is 8.89. The maximum atomic E-state index is 12.0. The largest absolute Gasteiger partial charge is 0.383 e. The fraction of sp³-hybridized carbons (Fsp3) is 0.917. The molecule has 6 nitrogen and oxygen atoms in total. The number of ether oxygens (including phenoxy) is 1. The molecule has 2 aliphatic rings. The van der Waals surface area contributed by atoms with Crippen LogP contribution in [0.15, 0.2) is 0 Å². The lowest BCUT2D eigenvalue weighted by Gasteiger charge is -2.44. The fourth-order valence-electron chi connectivity index (χ4n) is 3.17. The van der Waals surface area contributed by atoms with Crippen LogP contribution in [0.2, 0.25) is 0 Å². The number of nitrogens with zero attached hydrogens (tertiary/aromatic N) is 2. The Balaban J connectivity index is 2.06. The smallest absolute Gasteiger partial charge is 0.223 e. The van der Waals surface area contributed by atoms with Crippen molar-refractivity contribution in [1.82, 2.24) is 9.21 Å². The second kappa shape index (κ2) is 5.38. The van der Waals surface area contributed by atoms with Gasteiger partial charge in [-0.2, -0.15) is 0 Å². The van der Waals surface area contributed by atoms with Crippen LogP contribution in [0.25, 0.3) is 0 Å². The summed E-state index contributed by atoms with van der Waals surface area (Å²) in [5.74, 6) is 0.171. The molecule has 1 amide bonds. The van der Waals surface area contributed by atoms with Crippen LogP contribution in [0.4, 0.5) is 0 Å². The number of carbonyl (C=O) groups excluding carboxylic acids is 1. The van der Waals surface area contributed by atoms with E-state index in [1.807, 2.05) is 4.90 Å². The Morgan fingerprint density at radius 3 is 2.42 bits per heavy atom. The van der Waals surface area contributed by atoms with E-state index in [1.165, 1.54) is 10.6 Å². The third-order valence-electron chi connectivity index (χ3n) is 4.32. The molecule has 110 valence electrons. The van der Waals surface area contributed by atoms with Gasteiger partial charge >= 0.3 is 0 Å². The van der Waals surface area contributed by atoms with Crippen molar-refractivity contribution in [3.63, 3.8) is 0 Å². The van der Waals surface area contributed by atoms with Gasteiger partial charge in [0.05, 0.1) is 12.9 Å². The molecule has 0 aliphatic carbocycles. The van der Waals surface area contributed by atoms with Gasteiger partial charge in [0, 0.05) is 38.7 Å². The Bertz CT molecular complexity index is 441. The molecule has 0 aromatic heterocycles. The number of sulfonamides is 1. The van der Waals surface area contributed by atoms with E-state index in [9.17, 15) is 13.2 Å². The molecular weight excluding hydrogens is 268 g/mol. The lowest BCUT2D eigenvalue weighted by Crippen LogP contribution is -2.54. The van der Waals surface area contributed by atoms with Gasteiger partial charge in [0.25, 0.3) is 0 Å². The molecule has 0 aromatic carbocycles. The minimum atomic E-state index is -3.11. The van der Waals surface area contributed by atoms with Crippen molar-refractivity contribution in [3.8, 4) is 0 Å². The van der Waals surface area contributed by atoms with Crippen molar-refractivity contribution in [2.45, 2.75) is 31.2 Å². The summed E-state index contributed by atoms with van der Waals surface area (Å²) >= 11 is 0. The average molecular weight is 290 g/mol. The monoisotopic (exact) mass is 290 g/mol. The highest BCUT2D eigenvalue weighted by atomic mass is 32.2. The highest BCUT2D eigenvalue weighted by Crippen LogP contribution is 2.39. The Hall–Kier alpha value is -0.660. The zero-order valence-corrected chi connectivity index (χ0v) is 12.4. The van der Waals surface area contributed by atoms with Gasteiger partial charge in [-0.3, -0.25) is 4.79 Å². The van der Waals surface area contributed by atoms with Crippen LogP contribution < -0.4 is 0 Å². The summed E-state index contributed by atoms with van der Waals surface area (Å²) in [5.41, 5.74) is -0.142. The summed E-state index contributed by atoms with van der Waals surface area (Å²) < 4.78 is 29.6. The predicted molar refractivity (Wildman–Crippen MR) is 71.2 cm³/mol. The van der Waals surface area contributed by atoms with Crippen molar-refractivity contribution in [1.29, 1.82) is 0 Å². The summed E-state index contributed by atoms with van der Waals surface area (Å²) in [5, 5.41) is 0.